The lowest BCUT2D eigenvalue weighted by Gasteiger charge is -2.45. The molecule has 3 nitrogen and oxygen atoms in total. The maximum atomic E-state index is 3.43. The van der Waals surface area contributed by atoms with Crippen LogP contribution < -0.4 is 5.32 Å². The van der Waals surface area contributed by atoms with Crippen LogP contribution >= 0.6 is 0 Å². The van der Waals surface area contributed by atoms with Gasteiger partial charge in [0, 0.05) is 26.2 Å². The maximum Gasteiger partial charge on any atom is 0.125 e. The normalized spacial score (nSPS) is 31.6. The van der Waals surface area contributed by atoms with Gasteiger partial charge in [-0.15, -0.1) is 0 Å². The van der Waals surface area contributed by atoms with Crippen molar-refractivity contribution in [2.45, 2.75) is 37.9 Å². The molecule has 100 valence electrons. The zero-order valence-electron chi connectivity index (χ0n) is 11.8. The van der Waals surface area contributed by atoms with E-state index in [0.29, 0.717) is 0 Å². The third-order valence-electron chi connectivity index (χ3n) is 5.03. The van der Waals surface area contributed by atoms with Crippen LogP contribution in [-0.4, -0.2) is 64.0 Å². The van der Waals surface area contributed by atoms with E-state index in [-0.39, 0.29) is 0 Å². The average Bonchev–Trinajstić information content (AvgIpc) is 2.32. The van der Waals surface area contributed by atoms with E-state index in [0.717, 1.165) is 5.54 Å². The van der Waals surface area contributed by atoms with Gasteiger partial charge in [0.15, 0.2) is 0 Å². The summed E-state index contributed by atoms with van der Waals surface area (Å²) in [6.45, 7) is 12.7. The highest BCUT2D eigenvalue weighted by atomic mass is 28.3. The van der Waals surface area contributed by atoms with Crippen LogP contribution in [0.3, 0.4) is 0 Å². The van der Waals surface area contributed by atoms with Gasteiger partial charge >= 0.3 is 0 Å². The van der Waals surface area contributed by atoms with Crippen LogP contribution in [0.2, 0.25) is 18.6 Å². The van der Waals surface area contributed by atoms with E-state index >= 15 is 0 Å². The Labute approximate surface area is 108 Å². The minimum absolute atomic E-state index is 1.01. The van der Waals surface area contributed by atoms with Crippen LogP contribution in [0.15, 0.2) is 0 Å². The van der Waals surface area contributed by atoms with Crippen molar-refractivity contribution in [1.82, 2.24) is 14.8 Å². The Morgan fingerprint density at radius 1 is 1.18 bits per heavy atom. The van der Waals surface area contributed by atoms with Crippen LogP contribution in [0, 0.1) is 0 Å². The van der Waals surface area contributed by atoms with E-state index in [9.17, 15) is 0 Å². The van der Waals surface area contributed by atoms with Gasteiger partial charge in [0.25, 0.3) is 0 Å². The molecule has 0 aromatic carbocycles. The fourth-order valence-electron chi connectivity index (χ4n) is 3.30. The molecular formula is C13H29N3Si. The third-order valence-corrected chi connectivity index (χ3v) is 9.80. The van der Waals surface area contributed by atoms with E-state index in [1.54, 1.807) is 0 Å². The molecule has 1 atom stereocenters. The van der Waals surface area contributed by atoms with E-state index in [4.69, 9.17) is 0 Å². The summed E-state index contributed by atoms with van der Waals surface area (Å²) < 4.78 is 2.69. The van der Waals surface area contributed by atoms with Crippen LogP contribution in [0.4, 0.5) is 0 Å². The van der Waals surface area contributed by atoms with Crippen molar-refractivity contribution >= 4 is 8.24 Å². The first kappa shape index (κ1) is 13.5. The average molecular weight is 255 g/mol. The molecule has 17 heavy (non-hydrogen) atoms. The fourth-order valence-corrected chi connectivity index (χ4v) is 6.40. The van der Waals surface area contributed by atoms with Crippen molar-refractivity contribution in [3.63, 3.8) is 0 Å². The molecule has 0 radical (unpaired) electrons. The van der Waals surface area contributed by atoms with Gasteiger partial charge in [0.2, 0.25) is 0 Å². The fraction of sp³-hybridized carbons (Fsp3) is 1.00. The molecule has 2 heterocycles. The monoisotopic (exact) mass is 255 g/mol. The topological polar surface area (TPSA) is 18.5 Å². The third kappa shape index (κ3) is 3.31. The Morgan fingerprint density at radius 2 is 1.88 bits per heavy atom. The molecule has 2 fully saturated rings. The molecule has 4 heteroatoms. The van der Waals surface area contributed by atoms with E-state index in [2.05, 4.69) is 34.9 Å². The van der Waals surface area contributed by atoms with E-state index < -0.39 is 8.24 Å². The lowest BCUT2D eigenvalue weighted by atomic mass is 10.1. The first-order valence-electron chi connectivity index (χ1n) is 7.25. The van der Waals surface area contributed by atoms with Crippen LogP contribution in [0.1, 0.15) is 19.3 Å². The molecule has 2 aliphatic heterocycles. The zero-order chi connectivity index (χ0) is 12.3. The number of nitrogens with zero attached hydrogens (tertiary/aromatic N) is 2. The number of hydrogen-bond donors (Lipinski definition) is 1. The van der Waals surface area contributed by atoms with Gasteiger partial charge in [-0.05, 0) is 38.5 Å². The maximum absolute atomic E-state index is 3.43. The van der Waals surface area contributed by atoms with Gasteiger partial charge in [-0.2, -0.15) is 0 Å². The first-order chi connectivity index (χ1) is 8.10. The Morgan fingerprint density at radius 3 is 2.59 bits per heavy atom. The number of hydrogen-bond acceptors (Lipinski definition) is 3. The van der Waals surface area contributed by atoms with Crippen LogP contribution in [0.25, 0.3) is 0 Å². The lowest BCUT2D eigenvalue weighted by molar-refractivity contribution is 0.232. The number of rotatable bonds is 3. The largest absolute Gasteiger partial charge is 0.326 e. The molecule has 2 rings (SSSR count). The minimum Gasteiger partial charge on any atom is -0.326 e. The SMILES string of the molecule is CN1CCCC(CCN2CCNCC2)[Si]1(C)C. The molecule has 2 aliphatic rings. The quantitative estimate of drug-likeness (QED) is 0.773. The predicted molar refractivity (Wildman–Crippen MR) is 77.0 cm³/mol. The molecule has 1 unspecified atom stereocenters. The minimum atomic E-state index is -1.12. The molecule has 0 amide bonds. The first-order valence-corrected chi connectivity index (χ1v) is 10.3. The summed E-state index contributed by atoms with van der Waals surface area (Å²) in [6, 6.07) is 0. The second-order valence-corrected chi connectivity index (χ2v) is 11.2. The van der Waals surface area contributed by atoms with Gasteiger partial charge < -0.3 is 14.8 Å². The summed E-state index contributed by atoms with van der Waals surface area (Å²) >= 11 is 0. The van der Waals surface area contributed by atoms with Gasteiger partial charge in [-0.25, -0.2) is 0 Å². The summed E-state index contributed by atoms with van der Waals surface area (Å²) in [5.41, 5.74) is 1.01. The smallest absolute Gasteiger partial charge is 0.125 e. The molecule has 0 aromatic heterocycles. The Hall–Kier alpha value is 0.0969. The summed E-state index contributed by atoms with van der Waals surface area (Å²) in [7, 11) is 1.23. The molecule has 1 N–H and O–H groups in total. The van der Waals surface area contributed by atoms with Crippen LogP contribution in [-0.2, 0) is 0 Å². The lowest BCUT2D eigenvalue weighted by Crippen LogP contribution is -2.54. The van der Waals surface area contributed by atoms with Crippen molar-refractivity contribution in [3.05, 3.63) is 0 Å². The molecule has 0 aromatic rings. The Bertz CT molecular complexity index is 239. The second-order valence-electron chi connectivity index (χ2n) is 6.29. The summed E-state index contributed by atoms with van der Waals surface area (Å²) in [5.74, 6) is 0. The Kier molecular flexibility index (Phi) is 4.63. The van der Waals surface area contributed by atoms with Gasteiger partial charge in [0.1, 0.15) is 8.24 Å². The Balaban J connectivity index is 1.80. The molecule has 0 spiro atoms. The summed E-state index contributed by atoms with van der Waals surface area (Å²) in [6.07, 6.45) is 4.33. The van der Waals surface area contributed by atoms with Crippen molar-refractivity contribution in [3.8, 4) is 0 Å². The molecular weight excluding hydrogens is 226 g/mol. The molecule has 0 aliphatic carbocycles. The van der Waals surface area contributed by atoms with Gasteiger partial charge in [0.05, 0.1) is 0 Å². The summed E-state index contributed by atoms with van der Waals surface area (Å²) in [5, 5.41) is 3.43. The molecule has 0 bridgehead atoms. The number of nitrogens with one attached hydrogen (secondary N) is 1. The van der Waals surface area contributed by atoms with Gasteiger partial charge in [-0.3, -0.25) is 0 Å². The summed E-state index contributed by atoms with van der Waals surface area (Å²) in [4.78, 5) is 2.65. The highest BCUT2D eigenvalue weighted by molar-refractivity contribution is 6.76. The standard InChI is InChI=1S/C13H29N3Si/c1-15-9-4-5-13(17(15,2)3)6-10-16-11-7-14-8-12-16/h13-14H,4-12H2,1-3H3. The van der Waals surface area contributed by atoms with Crippen molar-refractivity contribution in [2.75, 3.05) is 46.3 Å². The second kappa shape index (κ2) is 5.82. The predicted octanol–water partition coefficient (Wildman–Crippen LogP) is 1.58. The number of piperazine rings is 1. The van der Waals surface area contributed by atoms with E-state index in [1.807, 2.05) is 0 Å². The van der Waals surface area contributed by atoms with Crippen molar-refractivity contribution < 1.29 is 0 Å². The molecule has 0 saturated carbocycles. The van der Waals surface area contributed by atoms with Crippen LogP contribution in [0.5, 0.6) is 0 Å². The molecule has 2 saturated heterocycles. The van der Waals surface area contributed by atoms with Gasteiger partial charge in [-0.1, -0.05) is 19.5 Å². The van der Waals surface area contributed by atoms with Crippen molar-refractivity contribution in [2.24, 2.45) is 0 Å². The highest BCUT2D eigenvalue weighted by Gasteiger charge is 2.38. The van der Waals surface area contributed by atoms with E-state index in [1.165, 1.54) is 58.5 Å². The zero-order valence-corrected chi connectivity index (χ0v) is 12.8. The highest BCUT2D eigenvalue weighted by Crippen LogP contribution is 2.36. The van der Waals surface area contributed by atoms with Crippen molar-refractivity contribution in [1.29, 1.82) is 0 Å².